The van der Waals surface area contributed by atoms with E-state index in [9.17, 15) is 24.3 Å². The summed E-state index contributed by atoms with van der Waals surface area (Å²) in [6.07, 6.45) is 7.68. The van der Waals surface area contributed by atoms with Gasteiger partial charge in [-0.15, -0.1) is 0 Å². The molecule has 1 N–H and O–H groups in total. The molecule has 3 saturated carbocycles. The molecule has 9 atom stereocenters. The Labute approximate surface area is 326 Å². The first-order valence-corrected chi connectivity index (χ1v) is 19.9. The Bertz CT molecular complexity index is 2060. The number of esters is 2. The van der Waals surface area contributed by atoms with Gasteiger partial charge >= 0.3 is 11.9 Å². The van der Waals surface area contributed by atoms with Crippen LogP contribution in [0.1, 0.15) is 95.5 Å². The number of hydrogen-bond acceptors (Lipinski definition) is 12. The average molecular weight is 767 g/mol. The average Bonchev–Trinajstić information content (AvgIpc) is 3.64. The first-order chi connectivity index (χ1) is 26.7. The van der Waals surface area contributed by atoms with E-state index in [2.05, 4.69) is 24.1 Å². The molecule has 2 aliphatic heterocycles. The quantitative estimate of drug-likeness (QED) is 0.189. The Kier molecular flexibility index (Phi) is 9.69. The van der Waals surface area contributed by atoms with Crippen LogP contribution >= 0.6 is 0 Å². The highest BCUT2D eigenvalue weighted by molar-refractivity contribution is 6.01. The molecule has 0 amide bonds. The first kappa shape index (κ1) is 38.4. The molecule has 4 fully saturated rings. The maximum Gasteiger partial charge on any atom is 0.345 e. The van der Waals surface area contributed by atoms with Crippen LogP contribution in [-0.2, 0) is 39.8 Å². The van der Waals surface area contributed by atoms with Gasteiger partial charge < -0.3 is 28.8 Å². The van der Waals surface area contributed by atoms with E-state index in [1.165, 1.54) is 0 Å². The van der Waals surface area contributed by atoms with Crippen molar-refractivity contribution in [2.24, 2.45) is 38.8 Å². The summed E-state index contributed by atoms with van der Waals surface area (Å²) in [4.78, 5) is 52.6. The summed E-state index contributed by atoms with van der Waals surface area (Å²) >= 11 is 0. The van der Waals surface area contributed by atoms with E-state index < -0.39 is 59.3 Å². The number of aliphatic hydroxyl groups excluding tert-OH is 1. The SMILES string of the molecule is CCCC1OC2CC3C4CCC5=CC(=O)C=CC5(C)C4C(O)CC3(C)[C@]2(C(=O)COC(=O)CCc2ccccc2N=Nc2ccc3c(c2)C(=O)OC(C)(C)O3)O1. The summed E-state index contributed by atoms with van der Waals surface area (Å²) in [6.45, 7) is 9.06. The van der Waals surface area contributed by atoms with E-state index in [1.807, 2.05) is 31.2 Å². The van der Waals surface area contributed by atoms with Gasteiger partial charge in [-0.05, 0) is 92.3 Å². The number of Topliss-reactive ketones (excluding diaryl/α,β-unsaturated/α-hetero) is 1. The molecular formula is C44H50N2O10. The molecule has 0 spiro atoms. The Morgan fingerprint density at radius 1 is 1.04 bits per heavy atom. The number of azo groups is 1. The molecule has 12 heteroatoms. The van der Waals surface area contributed by atoms with Crippen LogP contribution in [0.15, 0.2) is 76.5 Å². The van der Waals surface area contributed by atoms with Gasteiger partial charge in [0.2, 0.25) is 11.6 Å². The fourth-order valence-corrected chi connectivity index (χ4v) is 10.9. The van der Waals surface area contributed by atoms with Gasteiger partial charge in [-0.3, -0.25) is 14.4 Å². The second-order valence-electron chi connectivity index (χ2n) is 17.1. The molecule has 2 aromatic carbocycles. The highest BCUT2D eigenvalue weighted by Gasteiger charge is 2.76. The number of aryl methyl sites for hydroxylation is 1. The minimum absolute atomic E-state index is 0.00329. The fraction of sp³-hybridized carbons (Fsp3) is 0.545. The van der Waals surface area contributed by atoms with Crippen molar-refractivity contribution in [3.8, 4) is 5.75 Å². The zero-order chi connectivity index (χ0) is 39.6. The Morgan fingerprint density at radius 2 is 1.84 bits per heavy atom. The highest BCUT2D eigenvalue weighted by atomic mass is 16.7. The van der Waals surface area contributed by atoms with E-state index in [1.54, 1.807) is 50.3 Å². The van der Waals surface area contributed by atoms with Crippen LogP contribution in [0.4, 0.5) is 11.4 Å². The highest BCUT2D eigenvalue weighted by Crippen LogP contribution is 2.69. The summed E-state index contributed by atoms with van der Waals surface area (Å²) in [6, 6.07) is 12.2. The molecule has 1 saturated heterocycles. The van der Waals surface area contributed by atoms with Crippen molar-refractivity contribution in [1.29, 1.82) is 0 Å². The molecule has 0 aromatic heterocycles. The van der Waals surface area contributed by atoms with Gasteiger partial charge in [-0.1, -0.05) is 57.0 Å². The number of nitrogens with zero attached hydrogens (tertiary/aromatic N) is 2. The molecule has 12 nitrogen and oxygen atoms in total. The van der Waals surface area contributed by atoms with E-state index in [4.69, 9.17) is 23.7 Å². The number of hydrogen-bond donors (Lipinski definition) is 1. The molecule has 0 radical (unpaired) electrons. The fourth-order valence-electron chi connectivity index (χ4n) is 10.9. The number of ether oxygens (including phenoxy) is 5. The lowest BCUT2D eigenvalue weighted by atomic mass is 9.46. The topological polar surface area (TPSA) is 159 Å². The normalized spacial score (nSPS) is 35.0. The number of benzene rings is 2. The molecule has 296 valence electrons. The number of cyclic esters (lactones) is 1. The molecular weight excluding hydrogens is 716 g/mol. The minimum atomic E-state index is -1.37. The molecule has 8 rings (SSSR count). The lowest BCUT2D eigenvalue weighted by molar-refractivity contribution is -0.201. The molecule has 2 aromatic rings. The van der Waals surface area contributed by atoms with Crippen molar-refractivity contribution in [2.75, 3.05) is 6.61 Å². The monoisotopic (exact) mass is 766 g/mol. The number of allylic oxidation sites excluding steroid dienone is 4. The van der Waals surface area contributed by atoms with Crippen LogP contribution in [0.25, 0.3) is 0 Å². The molecule has 56 heavy (non-hydrogen) atoms. The van der Waals surface area contributed by atoms with Crippen LogP contribution in [-0.4, -0.2) is 65.1 Å². The van der Waals surface area contributed by atoms with Crippen LogP contribution in [0, 0.1) is 28.6 Å². The molecule has 8 unspecified atom stereocenters. The lowest BCUT2D eigenvalue weighted by Crippen LogP contribution is -2.63. The van der Waals surface area contributed by atoms with Crippen LogP contribution in [0.3, 0.4) is 0 Å². The summed E-state index contributed by atoms with van der Waals surface area (Å²) in [5.74, 6) is -2.07. The Hall–Kier alpha value is -4.52. The van der Waals surface area contributed by atoms with Gasteiger partial charge in [0.25, 0.3) is 0 Å². The number of rotatable bonds is 10. The standard InChI is InChI=1S/C44H50N2O10/c1-6-9-38-53-36-22-31-29-15-13-26-20-28(47)18-19-42(26,4)39(29)33(48)23-43(31,5)44(36,55-38)35(49)24-52-37(50)17-12-25-10-7-8-11-32(25)46-45-27-14-16-34-30(21-27)40(51)56-41(2,3)54-34/h7-8,10-11,14,16,18-21,29,31,33,36,38-39,48H,6,9,12-13,15,17,22-24H2,1-5H3/t29?,31?,33?,36?,38?,39?,42?,43?,44-/m1/s1. The van der Waals surface area contributed by atoms with Crippen molar-refractivity contribution in [1.82, 2.24) is 0 Å². The maximum atomic E-state index is 14.6. The van der Waals surface area contributed by atoms with Crippen molar-refractivity contribution in [3.63, 3.8) is 0 Å². The van der Waals surface area contributed by atoms with E-state index in [-0.39, 0.29) is 47.7 Å². The Balaban J connectivity index is 0.952. The molecule has 0 bridgehead atoms. The predicted octanol–water partition coefficient (Wildman–Crippen LogP) is 7.60. The van der Waals surface area contributed by atoms with Gasteiger partial charge in [0.05, 0.1) is 23.6 Å². The molecule has 4 aliphatic carbocycles. The number of carbonyl (C=O) groups is 4. The largest absolute Gasteiger partial charge is 0.458 e. The molecule has 6 aliphatic rings. The summed E-state index contributed by atoms with van der Waals surface area (Å²) < 4.78 is 30.0. The van der Waals surface area contributed by atoms with Gasteiger partial charge in [-0.2, -0.15) is 10.2 Å². The third kappa shape index (κ3) is 6.34. The maximum absolute atomic E-state index is 14.6. The first-order valence-electron chi connectivity index (χ1n) is 19.9. The second kappa shape index (κ2) is 14.1. The number of ketones is 2. The van der Waals surface area contributed by atoms with E-state index in [0.717, 1.165) is 30.4 Å². The lowest BCUT2D eigenvalue weighted by Gasteiger charge is -2.59. The summed E-state index contributed by atoms with van der Waals surface area (Å²) in [5, 5.41) is 20.7. The minimum Gasteiger partial charge on any atom is -0.458 e. The van der Waals surface area contributed by atoms with Crippen molar-refractivity contribution >= 4 is 34.9 Å². The van der Waals surface area contributed by atoms with Crippen molar-refractivity contribution < 1.29 is 48.0 Å². The van der Waals surface area contributed by atoms with Gasteiger partial charge in [0.15, 0.2) is 24.3 Å². The van der Waals surface area contributed by atoms with Crippen LogP contribution in [0.2, 0.25) is 0 Å². The number of aliphatic hydroxyl groups is 1. The molecule has 2 heterocycles. The van der Waals surface area contributed by atoms with Crippen LogP contribution < -0.4 is 4.74 Å². The van der Waals surface area contributed by atoms with Gasteiger partial charge in [0, 0.05) is 37.0 Å². The number of carbonyl (C=O) groups excluding carboxylic acids is 4. The van der Waals surface area contributed by atoms with E-state index in [0.29, 0.717) is 36.4 Å². The van der Waals surface area contributed by atoms with Crippen molar-refractivity contribution in [3.05, 3.63) is 77.4 Å². The smallest absolute Gasteiger partial charge is 0.345 e. The third-order valence-electron chi connectivity index (χ3n) is 13.3. The zero-order valence-electron chi connectivity index (χ0n) is 32.6. The van der Waals surface area contributed by atoms with Gasteiger partial charge in [-0.25, -0.2) is 4.79 Å². The summed E-state index contributed by atoms with van der Waals surface area (Å²) in [5.41, 5.74) is 0.468. The second-order valence-corrected chi connectivity index (χ2v) is 17.1. The third-order valence-corrected chi connectivity index (χ3v) is 13.3. The zero-order valence-corrected chi connectivity index (χ0v) is 32.6. The summed E-state index contributed by atoms with van der Waals surface area (Å²) in [7, 11) is 0. The van der Waals surface area contributed by atoms with Crippen LogP contribution in [0.5, 0.6) is 5.75 Å². The van der Waals surface area contributed by atoms with Gasteiger partial charge in [0.1, 0.15) is 11.3 Å². The number of fused-ring (bicyclic) bond motifs is 8. The predicted molar refractivity (Wildman–Crippen MR) is 202 cm³/mol. The van der Waals surface area contributed by atoms with Crippen molar-refractivity contribution in [2.45, 2.75) is 116 Å². The van der Waals surface area contributed by atoms with E-state index >= 15 is 0 Å². The Morgan fingerprint density at radius 3 is 2.64 bits per heavy atom.